The number of benzene rings is 2. The fraction of sp³-hybridized carbons (Fsp3) is 0.278. The summed E-state index contributed by atoms with van der Waals surface area (Å²) < 4.78 is 11.0. The first-order valence-corrected chi connectivity index (χ1v) is 8.10. The number of amides is 1. The summed E-state index contributed by atoms with van der Waals surface area (Å²) in [6.07, 6.45) is 1.92. The number of rotatable bonds is 7. The van der Waals surface area contributed by atoms with Crippen LogP contribution in [0.4, 0.5) is 11.4 Å². The highest BCUT2D eigenvalue weighted by Gasteiger charge is 2.16. The minimum absolute atomic E-state index is 0. The second-order valence-electron chi connectivity index (χ2n) is 5.23. The number of methoxy groups -OCH3 is 1. The highest BCUT2D eigenvalue weighted by atomic mass is 35.5. The molecule has 0 spiro atoms. The van der Waals surface area contributed by atoms with Crippen molar-refractivity contribution in [3.8, 4) is 11.5 Å². The van der Waals surface area contributed by atoms with E-state index in [4.69, 9.17) is 26.8 Å². The molecular formula is C18H22Cl2N2O3. The Morgan fingerprint density at radius 1 is 1.28 bits per heavy atom. The number of hydrogen-bond acceptors (Lipinski definition) is 4. The third-order valence-corrected chi connectivity index (χ3v) is 3.73. The quantitative estimate of drug-likeness (QED) is 0.531. The molecule has 0 aromatic heterocycles. The standard InChI is InChI=1S/C18H21ClN2O3.ClH/c1-3-4-9-24-17-13(19)10-12(11-16(17)23-2)18(22)21-15-8-6-5-7-14(15)20;/h5-8,10-11H,3-4,9,20H2,1-2H3,(H,21,22);1H. The third-order valence-electron chi connectivity index (χ3n) is 3.44. The maximum atomic E-state index is 12.4. The van der Waals surface area contributed by atoms with Gasteiger partial charge in [-0.15, -0.1) is 12.4 Å². The maximum Gasteiger partial charge on any atom is 0.255 e. The second kappa shape index (κ2) is 10.0. The van der Waals surface area contributed by atoms with Crippen molar-refractivity contribution in [2.45, 2.75) is 19.8 Å². The third kappa shape index (κ3) is 5.44. The molecule has 0 heterocycles. The molecule has 0 atom stereocenters. The molecule has 3 N–H and O–H groups in total. The van der Waals surface area contributed by atoms with Crippen molar-refractivity contribution >= 4 is 41.3 Å². The summed E-state index contributed by atoms with van der Waals surface area (Å²) in [4.78, 5) is 12.4. The zero-order valence-electron chi connectivity index (χ0n) is 14.2. The van der Waals surface area contributed by atoms with Gasteiger partial charge in [0.15, 0.2) is 11.5 Å². The monoisotopic (exact) mass is 384 g/mol. The van der Waals surface area contributed by atoms with Gasteiger partial charge in [0.25, 0.3) is 5.91 Å². The lowest BCUT2D eigenvalue weighted by molar-refractivity contribution is 0.102. The first-order valence-electron chi connectivity index (χ1n) is 7.73. The second-order valence-corrected chi connectivity index (χ2v) is 5.64. The Morgan fingerprint density at radius 3 is 2.64 bits per heavy atom. The van der Waals surface area contributed by atoms with Crippen molar-refractivity contribution in [1.29, 1.82) is 0 Å². The summed E-state index contributed by atoms with van der Waals surface area (Å²) >= 11 is 6.26. The summed E-state index contributed by atoms with van der Waals surface area (Å²) in [5.74, 6) is 0.543. The van der Waals surface area contributed by atoms with Crippen LogP contribution in [-0.4, -0.2) is 19.6 Å². The molecule has 2 rings (SSSR count). The Kier molecular flexibility index (Phi) is 8.38. The van der Waals surface area contributed by atoms with Gasteiger partial charge in [-0.2, -0.15) is 0 Å². The Morgan fingerprint density at radius 2 is 2.00 bits per heavy atom. The van der Waals surface area contributed by atoms with Gasteiger partial charge in [0.05, 0.1) is 30.1 Å². The lowest BCUT2D eigenvalue weighted by atomic mass is 10.1. The van der Waals surface area contributed by atoms with E-state index in [0.29, 0.717) is 40.1 Å². The van der Waals surface area contributed by atoms with Gasteiger partial charge in [-0.3, -0.25) is 4.79 Å². The minimum Gasteiger partial charge on any atom is -0.493 e. The molecule has 0 aliphatic heterocycles. The number of nitrogens with one attached hydrogen (secondary N) is 1. The van der Waals surface area contributed by atoms with Gasteiger partial charge in [0, 0.05) is 5.56 Å². The van der Waals surface area contributed by atoms with Gasteiger partial charge in [0.2, 0.25) is 0 Å². The van der Waals surface area contributed by atoms with E-state index in [1.807, 2.05) is 0 Å². The molecule has 0 saturated carbocycles. The van der Waals surface area contributed by atoms with E-state index in [-0.39, 0.29) is 18.3 Å². The lowest BCUT2D eigenvalue weighted by Gasteiger charge is -2.14. The average molecular weight is 385 g/mol. The van der Waals surface area contributed by atoms with Crippen LogP contribution >= 0.6 is 24.0 Å². The highest BCUT2D eigenvalue weighted by Crippen LogP contribution is 2.36. The lowest BCUT2D eigenvalue weighted by Crippen LogP contribution is -2.13. The van der Waals surface area contributed by atoms with E-state index >= 15 is 0 Å². The van der Waals surface area contributed by atoms with E-state index in [1.165, 1.54) is 7.11 Å². The minimum atomic E-state index is -0.326. The molecule has 0 aliphatic carbocycles. The smallest absolute Gasteiger partial charge is 0.255 e. The van der Waals surface area contributed by atoms with Crippen molar-refractivity contribution in [2.24, 2.45) is 0 Å². The number of halogens is 2. The van der Waals surface area contributed by atoms with Crippen molar-refractivity contribution < 1.29 is 14.3 Å². The maximum absolute atomic E-state index is 12.4. The number of anilines is 2. The van der Waals surface area contributed by atoms with E-state index in [9.17, 15) is 4.79 Å². The molecule has 25 heavy (non-hydrogen) atoms. The number of nitrogen functional groups attached to an aromatic ring is 1. The molecule has 0 radical (unpaired) electrons. The number of carbonyl (C=O) groups excluding carboxylic acids is 1. The van der Waals surface area contributed by atoms with Crippen LogP contribution in [0.3, 0.4) is 0 Å². The average Bonchev–Trinajstić information content (AvgIpc) is 2.58. The molecule has 5 nitrogen and oxygen atoms in total. The predicted molar refractivity (Wildman–Crippen MR) is 104 cm³/mol. The van der Waals surface area contributed by atoms with E-state index in [2.05, 4.69) is 12.2 Å². The summed E-state index contributed by atoms with van der Waals surface area (Å²) in [5.41, 5.74) is 7.24. The molecule has 2 aromatic carbocycles. The fourth-order valence-corrected chi connectivity index (χ4v) is 2.38. The molecule has 0 saturated heterocycles. The number of unbranched alkanes of at least 4 members (excludes halogenated alkanes) is 1. The van der Waals surface area contributed by atoms with Crippen LogP contribution in [0.5, 0.6) is 11.5 Å². The van der Waals surface area contributed by atoms with E-state index in [1.54, 1.807) is 36.4 Å². The summed E-state index contributed by atoms with van der Waals surface area (Å²) in [6, 6.07) is 10.2. The van der Waals surface area contributed by atoms with Crippen LogP contribution in [-0.2, 0) is 0 Å². The Balaban J connectivity index is 0.00000312. The molecule has 7 heteroatoms. The predicted octanol–water partition coefficient (Wildman–Crippen LogP) is 4.78. The molecule has 0 bridgehead atoms. The summed E-state index contributed by atoms with van der Waals surface area (Å²) in [6.45, 7) is 2.61. The molecular weight excluding hydrogens is 363 g/mol. The summed E-state index contributed by atoms with van der Waals surface area (Å²) in [7, 11) is 1.51. The van der Waals surface area contributed by atoms with Gasteiger partial charge < -0.3 is 20.5 Å². The van der Waals surface area contributed by atoms with Crippen LogP contribution in [0.15, 0.2) is 36.4 Å². The zero-order valence-corrected chi connectivity index (χ0v) is 15.7. The fourth-order valence-electron chi connectivity index (χ4n) is 2.11. The van der Waals surface area contributed by atoms with Gasteiger partial charge in [0.1, 0.15) is 0 Å². The Labute approximate surface area is 158 Å². The van der Waals surface area contributed by atoms with Gasteiger partial charge in [-0.05, 0) is 30.7 Å². The first-order chi connectivity index (χ1) is 11.6. The van der Waals surface area contributed by atoms with E-state index < -0.39 is 0 Å². The largest absolute Gasteiger partial charge is 0.493 e. The number of nitrogens with two attached hydrogens (primary N) is 1. The van der Waals surface area contributed by atoms with Crippen molar-refractivity contribution in [3.63, 3.8) is 0 Å². The van der Waals surface area contributed by atoms with Crippen LogP contribution in [0, 0.1) is 0 Å². The normalized spacial score (nSPS) is 9.88. The number of para-hydroxylation sites is 2. The van der Waals surface area contributed by atoms with Gasteiger partial charge in [-0.1, -0.05) is 37.1 Å². The van der Waals surface area contributed by atoms with E-state index in [0.717, 1.165) is 12.8 Å². The first kappa shape index (κ1) is 20.9. The topological polar surface area (TPSA) is 73.6 Å². The van der Waals surface area contributed by atoms with Crippen LogP contribution in [0.1, 0.15) is 30.1 Å². The molecule has 1 amide bonds. The van der Waals surface area contributed by atoms with Crippen LogP contribution in [0.2, 0.25) is 5.02 Å². The van der Waals surface area contributed by atoms with Gasteiger partial charge >= 0.3 is 0 Å². The van der Waals surface area contributed by atoms with Crippen LogP contribution < -0.4 is 20.5 Å². The Bertz CT molecular complexity index is 723. The van der Waals surface area contributed by atoms with Crippen LogP contribution in [0.25, 0.3) is 0 Å². The Hall–Kier alpha value is -2.11. The summed E-state index contributed by atoms with van der Waals surface area (Å²) in [5, 5.41) is 3.09. The van der Waals surface area contributed by atoms with Crippen molar-refractivity contribution in [1.82, 2.24) is 0 Å². The molecule has 0 aliphatic rings. The molecule has 0 unspecified atom stereocenters. The number of ether oxygens (including phenoxy) is 2. The number of hydrogen-bond donors (Lipinski definition) is 2. The van der Waals surface area contributed by atoms with Crippen molar-refractivity contribution in [2.75, 3.05) is 24.8 Å². The zero-order chi connectivity index (χ0) is 17.5. The molecule has 136 valence electrons. The molecule has 0 fully saturated rings. The number of carbonyl (C=O) groups is 1. The molecule has 2 aromatic rings. The SMILES string of the molecule is CCCCOc1c(Cl)cc(C(=O)Nc2ccccc2N)cc1OC.Cl. The van der Waals surface area contributed by atoms with Crippen molar-refractivity contribution in [3.05, 3.63) is 47.0 Å². The highest BCUT2D eigenvalue weighted by molar-refractivity contribution is 6.32. The van der Waals surface area contributed by atoms with Gasteiger partial charge in [-0.25, -0.2) is 0 Å².